The van der Waals surface area contributed by atoms with Gasteiger partial charge < -0.3 is 21.0 Å². The highest BCUT2D eigenvalue weighted by atomic mass is 16.5. The van der Waals surface area contributed by atoms with Crippen LogP contribution in [0.25, 0.3) is 0 Å². The molecule has 0 saturated carbocycles. The molecule has 1 aromatic heterocycles. The number of nitrogens with two attached hydrogens (primary N) is 1. The zero-order chi connectivity index (χ0) is 14.5. The molecule has 1 aliphatic heterocycles. The minimum absolute atomic E-state index is 0.0404. The summed E-state index contributed by atoms with van der Waals surface area (Å²) in [4.78, 5) is 15.9. The molecule has 4 N–H and O–H groups in total. The highest BCUT2D eigenvalue weighted by Crippen LogP contribution is 2.19. The van der Waals surface area contributed by atoms with E-state index in [2.05, 4.69) is 15.5 Å². The van der Waals surface area contributed by atoms with Crippen LogP contribution >= 0.6 is 0 Å². The molecule has 0 aromatic carbocycles. The predicted octanol–water partition coefficient (Wildman–Crippen LogP) is 0.331. The molecule has 1 aliphatic rings. The van der Waals surface area contributed by atoms with Crippen molar-refractivity contribution in [2.45, 2.75) is 19.4 Å². The number of carbonyl (C=O) groups excluding carboxylic acids is 1. The maximum atomic E-state index is 11.9. The predicted molar refractivity (Wildman–Crippen MR) is 72.6 cm³/mol. The molecule has 2 unspecified atom stereocenters. The topological polar surface area (TPSA) is 110 Å². The van der Waals surface area contributed by atoms with E-state index in [4.69, 9.17) is 15.7 Å². The molecule has 7 heteroatoms. The lowest BCUT2D eigenvalue weighted by molar-refractivity contribution is 0.0903. The summed E-state index contributed by atoms with van der Waals surface area (Å²) in [6, 6.07) is 3.12. The van der Waals surface area contributed by atoms with Gasteiger partial charge in [0.25, 0.3) is 5.91 Å². The molecule has 1 saturated heterocycles. The molecule has 0 radical (unpaired) electrons. The SMILES string of the molecule is CC1OCCC1CNC(=O)c1ccc(/C(N)=N/O)cn1. The molecule has 0 aliphatic carbocycles. The highest BCUT2D eigenvalue weighted by molar-refractivity contribution is 5.98. The number of rotatable bonds is 4. The summed E-state index contributed by atoms with van der Waals surface area (Å²) >= 11 is 0. The van der Waals surface area contributed by atoms with Crippen molar-refractivity contribution in [2.24, 2.45) is 16.8 Å². The van der Waals surface area contributed by atoms with Crippen molar-refractivity contribution in [3.8, 4) is 0 Å². The lowest BCUT2D eigenvalue weighted by Gasteiger charge is -2.14. The van der Waals surface area contributed by atoms with Crippen LogP contribution in [0.15, 0.2) is 23.5 Å². The number of ether oxygens (including phenoxy) is 1. The Balaban J connectivity index is 1.92. The van der Waals surface area contributed by atoms with E-state index in [1.807, 2.05) is 6.92 Å². The molecule has 1 fully saturated rings. The van der Waals surface area contributed by atoms with Crippen molar-refractivity contribution in [1.29, 1.82) is 0 Å². The van der Waals surface area contributed by atoms with Gasteiger partial charge in [-0.1, -0.05) is 5.16 Å². The third kappa shape index (κ3) is 3.24. The van der Waals surface area contributed by atoms with Gasteiger partial charge in [0.1, 0.15) is 5.69 Å². The van der Waals surface area contributed by atoms with Crippen LogP contribution in [0.5, 0.6) is 0 Å². The molecule has 7 nitrogen and oxygen atoms in total. The molecule has 20 heavy (non-hydrogen) atoms. The van der Waals surface area contributed by atoms with Crippen molar-refractivity contribution in [3.63, 3.8) is 0 Å². The highest BCUT2D eigenvalue weighted by Gasteiger charge is 2.24. The number of aromatic nitrogens is 1. The number of oxime groups is 1. The number of hydrogen-bond donors (Lipinski definition) is 3. The monoisotopic (exact) mass is 278 g/mol. The summed E-state index contributed by atoms with van der Waals surface area (Å²) in [5, 5.41) is 14.3. The molecule has 1 aromatic rings. The average Bonchev–Trinajstić information content (AvgIpc) is 2.89. The van der Waals surface area contributed by atoms with E-state index >= 15 is 0 Å². The third-order valence-corrected chi connectivity index (χ3v) is 3.46. The fraction of sp³-hybridized carbons (Fsp3) is 0.462. The van der Waals surface area contributed by atoms with Crippen LogP contribution in [0.3, 0.4) is 0 Å². The smallest absolute Gasteiger partial charge is 0.269 e. The lowest BCUT2D eigenvalue weighted by Crippen LogP contribution is -2.32. The Hall–Kier alpha value is -2.15. The first kappa shape index (κ1) is 14.3. The van der Waals surface area contributed by atoms with E-state index in [1.54, 1.807) is 6.07 Å². The lowest BCUT2D eigenvalue weighted by atomic mass is 10.0. The molecule has 1 amide bonds. The number of amides is 1. The Labute approximate surface area is 116 Å². The van der Waals surface area contributed by atoms with Crippen LogP contribution in [0, 0.1) is 5.92 Å². The third-order valence-electron chi connectivity index (χ3n) is 3.46. The summed E-state index contributed by atoms with van der Waals surface area (Å²) in [6.45, 7) is 3.33. The van der Waals surface area contributed by atoms with E-state index < -0.39 is 0 Å². The maximum absolute atomic E-state index is 11.9. The Morgan fingerprint density at radius 3 is 3.00 bits per heavy atom. The Morgan fingerprint density at radius 1 is 1.65 bits per heavy atom. The van der Waals surface area contributed by atoms with Crippen LogP contribution in [0.4, 0.5) is 0 Å². The maximum Gasteiger partial charge on any atom is 0.269 e. The Bertz CT molecular complexity index is 501. The Kier molecular flexibility index (Phi) is 4.52. The first-order valence-electron chi connectivity index (χ1n) is 6.45. The summed E-state index contributed by atoms with van der Waals surface area (Å²) in [7, 11) is 0. The quantitative estimate of drug-likeness (QED) is 0.318. The second kappa shape index (κ2) is 6.33. The van der Waals surface area contributed by atoms with Crippen molar-refractivity contribution in [3.05, 3.63) is 29.6 Å². The van der Waals surface area contributed by atoms with Gasteiger partial charge in [0.2, 0.25) is 0 Å². The van der Waals surface area contributed by atoms with Crippen molar-refractivity contribution < 1.29 is 14.7 Å². The van der Waals surface area contributed by atoms with Gasteiger partial charge >= 0.3 is 0 Å². The number of carbonyl (C=O) groups is 1. The molecule has 2 heterocycles. The first-order valence-corrected chi connectivity index (χ1v) is 6.45. The molecule has 108 valence electrons. The van der Waals surface area contributed by atoms with E-state index in [0.29, 0.717) is 23.7 Å². The number of nitrogens with one attached hydrogen (secondary N) is 1. The van der Waals surface area contributed by atoms with Crippen molar-refractivity contribution in [2.75, 3.05) is 13.2 Å². The van der Waals surface area contributed by atoms with Gasteiger partial charge in [-0.2, -0.15) is 0 Å². The van der Waals surface area contributed by atoms with Crippen LogP contribution < -0.4 is 11.1 Å². The van der Waals surface area contributed by atoms with Crippen molar-refractivity contribution in [1.82, 2.24) is 10.3 Å². The van der Waals surface area contributed by atoms with Gasteiger partial charge in [-0.25, -0.2) is 0 Å². The molecule has 0 bridgehead atoms. The Morgan fingerprint density at radius 2 is 2.45 bits per heavy atom. The van der Waals surface area contributed by atoms with Crippen LogP contribution in [0.2, 0.25) is 0 Å². The first-order chi connectivity index (χ1) is 9.61. The van der Waals surface area contributed by atoms with E-state index in [9.17, 15) is 4.79 Å². The summed E-state index contributed by atoms with van der Waals surface area (Å²) in [5.74, 6) is 0.0620. The van der Waals surface area contributed by atoms with E-state index in [0.717, 1.165) is 13.0 Å². The summed E-state index contributed by atoms with van der Waals surface area (Å²) < 4.78 is 5.44. The number of nitrogens with zero attached hydrogens (tertiary/aromatic N) is 2. The van der Waals surface area contributed by atoms with Gasteiger partial charge in [-0.15, -0.1) is 0 Å². The van der Waals surface area contributed by atoms with Gasteiger partial charge in [-0.05, 0) is 25.5 Å². The zero-order valence-electron chi connectivity index (χ0n) is 11.2. The van der Waals surface area contributed by atoms with Gasteiger partial charge in [0.15, 0.2) is 5.84 Å². The number of pyridine rings is 1. The summed E-state index contributed by atoms with van der Waals surface area (Å²) in [6.07, 6.45) is 2.52. The fourth-order valence-electron chi connectivity index (χ4n) is 2.10. The normalized spacial score (nSPS) is 22.8. The minimum Gasteiger partial charge on any atom is -0.409 e. The standard InChI is InChI=1S/C13H18N4O3/c1-8-9(4-5-20-8)6-16-13(18)11-3-2-10(7-15-11)12(14)17-19/h2-3,7-9,19H,4-6H2,1H3,(H2,14,17)(H,16,18). The van der Waals surface area contributed by atoms with Gasteiger partial charge in [-0.3, -0.25) is 9.78 Å². The number of amidine groups is 1. The van der Waals surface area contributed by atoms with Gasteiger partial charge in [0, 0.05) is 30.8 Å². The van der Waals surface area contributed by atoms with E-state index in [1.165, 1.54) is 12.3 Å². The van der Waals surface area contributed by atoms with Crippen LogP contribution in [-0.2, 0) is 4.74 Å². The molecule has 0 spiro atoms. The van der Waals surface area contributed by atoms with E-state index in [-0.39, 0.29) is 17.8 Å². The van der Waals surface area contributed by atoms with Gasteiger partial charge in [0.05, 0.1) is 6.10 Å². The molecule has 2 atom stereocenters. The average molecular weight is 278 g/mol. The minimum atomic E-state index is -0.241. The second-order valence-corrected chi connectivity index (χ2v) is 4.75. The largest absolute Gasteiger partial charge is 0.409 e. The molecule has 2 rings (SSSR count). The zero-order valence-corrected chi connectivity index (χ0v) is 11.2. The van der Waals surface area contributed by atoms with Crippen molar-refractivity contribution >= 4 is 11.7 Å². The second-order valence-electron chi connectivity index (χ2n) is 4.75. The summed E-state index contributed by atoms with van der Waals surface area (Å²) in [5.41, 5.74) is 6.18. The number of hydrogen-bond acceptors (Lipinski definition) is 5. The van der Waals surface area contributed by atoms with Crippen LogP contribution in [-0.4, -0.2) is 41.2 Å². The molecular weight excluding hydrogens is 260 g/mol. The van der Waals surface area contributed by atoms with Crippen LogP contribution in [0.1, 0.15) is 29.4 Å². The fourth-order valence-corrected chi connectivity index (χ4v) is 2.10. The molecular formula is C13H18N4O3.